The van der Waals surface area contributed by atoms with Gasteiger partial charge in [0.25, 0.3) is 0 Å². The molecule has 0 aliphatic carbocycles. The summed E-state index contributed by atoms with van der Waals surface area (Å²) in [7, 11) is 0. The lowest BCUT2D eigenvalue weighted by Crippen LogP contribution is -2.29. The number of hydrogen-bond donors (Lipinski definition) is 1. The third kappa shape index (κ3) is 2.84. The van der Waals surface area contributed by atoms with Gasteiger partial charge >= 0.3 is 12.0 Å². The maximum absolute atomic E-state index is 10.2. The molecule has 0 aromatic carbocycles. The second-order valence-corrected chi connectivity index (χ2v) is 2.99. The Kier molecular flexibility index (Phi) is 4.30. The molecule has 1 unspecified atom stereocenters. The van der Waals surface area contributed by atoms with E-state index in [1.807, 2.05) is 0 Å². The van der Waals surface area contributed by atoms with E-state index in [-0.39, 0.29) is 0 Å². The van der Waals surface area contributed by atoms with Crippen LogP contribution in [0.3, 0.4) is 0 Å². The second kappa shape index (κ2) is 4.49. The molecule has 12 heavy (non-hydrogen) atoms. The van der Waals surface area contributed by atoms with Crippen molar-refractivity contribution >= 4 is 40.8 Å². The van der Waals surface area contributed by atoms with Gasteiger partial charge in [0.1, 0.15) is 9.52 Å². The summed E-state index contributed by atoms with van der Waals surface area (Å²) >= 11 is 15.3. The van der Waals surface area contributed by atoms with Crippen LogP contribution in [-0.4, -0.2) is 22.0 Å². The third-order valence-corrected chi connectivity index (χ3v) is 1.86. The molecule has 0 fully saturated rings. The molecule has 0 aliphatic rings. The summed E-state index contributed by atoms with van der Waals surface area (Å²) in [6.07, 6.45) is 0. The quantitative estimate of drug-likeness (QED) is 0.594. The van der Waals surface area contributed by atoms with Crippen LogP contribution in [0.4, 0.5) is 0 Å². The molecule has 0 rings (SSSR count). The largest absolute Gasteiger partial charge is 0.476 e. The summed E-state index contributed by atoms with van der Waals surface area (Å²) in [5, 5.41) is 17.6. The Bertz CT molecular complexity index is 233. The van der Waals surface area contributed by atoms with Crippen LogP contribution in [0.5, 0.6) is 0 Å². The lowest BCUT2D eigenvalue weighted by Gasteiger charge is -2.01. The van der Waals surface area contributed by atoms with Crippen LogP contribution in [0, 0.1) is 10.1 Å². The van der Waals surface area contributed by atoms with Crippen molar-refractivity contribution in [1.29, 1.82) is 0 Å². The third-order valence-electron chi connectivity index (χ3n) is 0.865. The number of carboxylic acid groups (broad SMARTS) is 1. The molecule has 5 nitrogen and oxygen atoms in total. The Morgan fingerprint density at radius 2 is 1.83 bits per heavy atom. The average molecular weight is 234 g/mol. The predicted molar refractivity (Wildman–Crippen MR) is 43.0 cm³/mol. The number of nitrogens with zero attached hydrogens (tertiary/aromatic N) is 1. The monoisotopic (exact) mass is 233 g/mol. The van der Waals surface area contributed by atoms with Crippen LogP contribution >= 0.6 is 34.8 Å². The van der Waals surface area contributed by atoms with Crippen molar-refractivity contribution in [3.05, 3.63) is 19.6 Å². The van der Waals surface area contributed by atoms with E-state index in [0.29, 0.717) is 0 Å². The van der Waals surface area contributed by atoms with E-state index in [2.05, 4.69) is 0 Å². The van der Waals surface area contributed by atoms with Crippen LogP contribution in [0.25, 0.3) is 0 Å². The number of carbonyl (C=O) groups is 1. The van der Waals surface area contributed by atoms with Gasteiger partial charge in [-0.2, -0.15) is 0 Å². The molecule has 0 aliphatic heterocycles. The smallest absolute Gasteiger partial charge is 0.385 e. The normalized spacial score (nSPS) is 11.9. The van der Waals surface area contributed by atoms with Crippen LogP contribution < -0.4 is 0 Å². The summed E-state index contributed by atoms with van der Waals surface area (Å²) in [6, 6.07) is -2.10. The number of hydrogen-bond acceptors (Lipinski definition) is 3. The van der Waals surface area contributed by atoms with Crippen LogP contribution in [0.2, 0.25) is 0 Å². The Labute approximate surface area is 81.7 Å². The van der Waals surface area contributed by atoms with Gasteiger partial charge in [-0.1, -0.05) is 34.8 Å². The maximum atomic E-state index is 10.2. The minimum absolute atomic E-state index is 0.624. The molecule has 1 atom stereocenters. The van der Waals surface area contributed by atoms with E-state index in [1.165, 1.54) is 0 Å². The topological polar surface area (TPSA) is 80.4 Å². The first-order chi connectivity index (χ1) is 5.37. The summed E-state index contributed by atoms with van der Waals surface area (Å²) in [5.74, 6) is -1.72. The molecule has 0 saturated heterocycles. The fraction of sp³-hybridized carbons (Fsp3) is 0.250. The van der Waals surface area contributed by atoms with Gasteiger partial charge in [-0.3, -0.25) is 10.1 Å². The maximum Gasteiger partial charge on any atom is 0.385 e. The molecule has 0 radical (unpaired) electrons. The lowest BCUT2D eigenvalue weighted by atomic mass is 10.3. The summed E-state index contributed by atoms with van der Waals surface area (Å²) < 4.78 is -0.624. The van der Waals surface area contributed by atoms with Crippen LogP contribution in [0.1, 0.15) is 0 Å². The zero-order valence-corrected chi connectivity index (χ0v) is 7.60. The zero-order valence-electron chi connectivity index (χ0n) is 5.33. The minimum Gasteiger partial charge on any atom is -0.476 e. The lowest BCUT2D eigenvalue weighted by molar-refractivity contribution is -0.498. The highest BCUT2D eigenvalue weighted by Gasteiger charge is 2.34. The Balaban J connectivity index is 4.90. The van der Waals surface area contributed by atoms with Gasteiger partial charge in [0, 0.05) is 4.92 Å². The molecule has 0 aromatic rings. The SMILES string of the molecule is O=C(O)C(C(Cl)=C(Cl)Cl)[N+](=O)[O-]. The molecule has 0 bridgehead atoms. The Morgan fingerprint density at radius 3 is 1.92 bits per heavy atom. The predicted octanol–water partition coefficient (Wildman–Crippen LogP) is 1.60. The Morgan fingerprint density at radius 1 is 1.42 bits per heavy atom. The van der Waals surface area contributed by atoms with Gasteiger partial charge in [0.05, 0.1) is 0 Å². The summed E-state index contributed by atoms with van der Waals surface area (Å²) in [5.41, 5.74) is 0. The first kappa shape index (κ1) is 11.5. The molecule has 0 saturated carbocycles. The molecule has 8 heteroatoms. The Hall–Kier alpha value is -0.520. The van der Waals surface area contributed by atoms with Gasteiger partial charge in [0.15, 0.2) is 0 Å². The average Bonchev–Trinajstić information content (AvgIpc) is 1.85. The van der Waals surface area contributed by atoms with Crippen LogP contribution in [0.15, 0.2) is 9.52 Å². The summed E-state index contributed by atoms with van der Waals surface area (Å²) in [6.45, 7) is 0. The fourth-order valence-electron chi connectivity index (χ4n) is 0.394. The van der Waals surface area contributed by atoms with Gasteiger partial charge in [0.2, 0.25) is 0 Å². The van der Waals surface area contributed by atoms with Crippen molar-refractivity contribution in [2.75, 3.05) is 0 Å². The van der Waals surface area contributed by atoms with E-state index in [9.17, 15) is 14.9 Å². The first-order valence-electron chi connectivity index (χ1n) is 2.45. The number of rotatable bonds is 3. The van der Waals surface area contributed by atoms with Crippen molar-refractivity contribution in [3.8, 4) is 0 Å². The van der Waals surface area contributed by atoms with E-state index in [1.54, 1.807) is 0 Å². The highest BCUT2D eigenvalue weighted by Crippen LogP contribution is 2.22. The molecule has 0 amide bonds. The molecule has 1 N–H and O–H groups in total. The highest BCUT2D eigenvalue weighted by molar-refractivity contribution is 6.59. The van der Waals surface area contributed by atoms with Crippen molar-refractivity contribution in [1.82, 2.24) is 0 Å². The van der Waals surface area contributed by atoms with Crippen molar-refractivity contribution < 1.29 is 14.8 Å². The minimum atomic E-state index is -2.10. The number of carboxylic acids is 1. The molecule has 0 aromatic heterocycles. The van der Waals surface area contributed by atoms with Gasteiger partial charge < -0.3 is 5.11 Å². The molecule has 0 spiro atoms. The first-order valence-corrected chi connectivity index (χ1v) is 3.58. The number of aliphatic carboxylic acids is 1. The van der Waals surface area contributed by atoms with Gasteiger partial charge in [-0.25, -0.2) is 4.79 Å². The standard InChI is InChI=1S/C4H2Cl3NO4/c5-1(3(6)7)2(4(9)10)8(11)12/h2H,(H,9,10). The molecular formula is C4H2Cl3NO4. The van der Waals surface area contributed by atoms with E-state index >= 15 is 0 Å². The zero-order chi connectivity index (χ0) is 9.89. The van der Waals surface area contributed by atoms with Crippen molar-refractivity contribution in [2.24, 2.45) is 0 Å². The molecule has 68 valence electrons. The van der Waals surface area contributed by atoms with Gasteiger partial charge in [-0.05, 0) is 0 Å². The number of halogens is 3. The van der Waals surface area contributed by atoms with Gasteiger partial charge in [-0.15, -0.1) is 0 Å². The van der Waals surface area contributed by atoms with E-state index < -0.39 is 26.5 Å². The fourth-order valence-corrected chi connectivity index (χ4v) is 0.774. The van der Waals surface area contributed by atoms with Crippen LogP contribution in [-0.2, 0) is 4.79 Å². The molecular weight excluding hydrogens is 232 g/mol. The highest BCUT2D eigenvalue weighted by atomic mass is 35.5. The van der Waals surface area contributed by atoms with Crippen molar-refractivity contribution in [3.63, 3.8) is 0 Å². The van der Waals surface area contributed by atoms with E-state index in [0.717, 1.165) is 0 Å². The molecule has 0 heterocycles. The summed E-state index contributed by atoms with van der Waals surface area (Å²) in [4.78, 5) is 19.2. The van der Waals surface area contributed by atoms with Crippen molar-refractivity contribution in [2.45, 2.75) is 6.04 Å². The number of nitro groups is 1. The van der Waals surface area contributed by atoms with E-state index in [4.69, 9.17) is 39.9 Å². The second-order valence-electron chi connectivity index (χ2n) is 1.63.